The van der Waals surface area contributed by atoms with Gasteiger partial charge in [0, 0.05) is 19.0 Å². The second-order valence-electron chi connectivity index (χ2n) is 5.43. The highest BCUT2D eigenvalue weighted by molar-refractivity contribution is 5.81. The largest absolute Gasteiger partial charge is 0.445 e. The number of nitrogens with zero attached hydrogens (tertiary/aromatic N) is 2. The molecule has 0 spiro atoms. The number of fused-ring (bicyclic) bond motifs is 1. The first-order valence-electron chi connectivity index (χ1n) is 7.75. The maximum Gasteiger partial charge on any atom is 0.407 e. The van der Waals surface area contributed by atoms with E-state index in [-0.39, 0.29) is 6.61 Å². The average Bonchev–Trinajstić information content (AvgIpc) is 2.98. The number of benzene rings is 2. The van der Waals surface area contributed by atoms with Gasteiger partial charge in [-0.15, -0.1) is 0 Å². The molecule has 5 nitrogen and oxygen atoms in total. The van der Waals surface area contributed by atoms with E-state index < -0.39 is 6.09 Å². The van der Waals surface area contributed by atoms with E-state index in [9.17, 15) is 4.79 Å². The third-order valence-corrected chi connectivity index (χ3v) is 3.66. The molecule has 0 atom stereocenters. The molecule has 122 valence electrons. The molecule has 5 heteroatoms. The van der Waals surface area contributed by atoms with Gasteiger partial charge in [0.1, 0.15) is 6.61 Å². The molecule has 2 aromatic carbocycles. The fraction of sp³-hybridized carbons (Fsp3) is 0.158. The number of carbonyl (C=O) groups is 1. The number of aryl methyl sites for hydroxylation is 1. The van der Waals surface area contributed by atoms with E-state index in [1.54, 1.807) is 0 Å². The molecule has 0 aliphatic heterocycles. The third kappa shape index (κ3) is 4.01. The first-order valence-corrected chi connectivity index (χ1v) is 7.75. The van der Waals surface area contributed by atoms with Gasteiger partial charge in [-0.05, 0) is 17.2 Å². The Hall–Kier alpha value is -3.08. The minimum atomic E-state index is -0.425. The Morgan fingerprint density at radius 1 is 1.25 bits per heavy atom. The molecule has 24 heavy (non-hydrogen) atoms. The highest BCUT2D eigenvalue weighted by Crippen LogP contribution is 2.15. The van der Waals surface area contributed by atoms with Crippen molar-refractivity contribution in [2.75, 3.05) is 6.54 Å². The molecule has 3 aromatic rings. The Kier molecular flexibility index (Phi) is 4.91. The second kappa shape index (κ2) is 7.46. The van der Waals surface area contributed by atoms with Gasteiger partial charge in [-0.2, -0.15) is 5.10 Å². The number of rotatable bonds is 5. The molecule has 0 saturated carbocycles. The number of amides is 1. The normalized spacial score (nSPS) is 11.0. The van der Waals surface area contributed by atoms with Crippen molar-refractivity contribution < 1.29 is 9.53 Å². The highest BCUT2D eigenvalue weighted by Gasteiger charge is 2.01. The van der Waals surface area contributed by atoms with Crippen molar-refractivity contribution in [2.45, 2.75) is 6.61 Å². The minimum absolute atomic E-state index is 0.271. The van der Waals surface area contributed by atoms with Crippen LogP contribution in [-0.4, -0.2) is 22.4 Å². The molecule has 0 fully saturated rings. The van der Waals surface area contributed by atoms with Crippen LogP contribution in [0, 0.1) is 0 Å². The van der Waals surface area contributed by atoms with Crippen molar-refractivity contribution >= 4 is 23.1 Å². The van der Waals surface area contributed by atoms with E-state index in [2.05, 4.69) is 16.5 Å². The van der Waals surface area contributed by atoms with Crippen LogP contribution >= 0.6 is 0 Å². The summed E-state index contributed by atoms with van der Waals surface area (Å²) in [5.74, 6) is 0. The fourth-order valence-corrected chi connectivity index (χ4v) is 2.38. The van der Waals surface area contributed by atoms with Gasteiger partial charge in [-0.25, -0.2) is 4.79 Å². The van der Waals surface area contributed by atoms with E-state index in [1.807, 2.05) is 72.5 Å². The average molecular weight is 321 g/mol. The SMILES string of the molecule is Cn1ncc2ccc(C=CCNC(=O)OCc3ccccc3)cc21. The van der Waals surface area contributed by atoms with Crippen molar-refractivity contribution in [2.24, 2.45) is 7.05 Å². The first kappa shape index (κ1) is 15.8. The topological polar surface area (TPSA) is 56.2 Å². The number of hydrogen-bond donors (Lipinski definition) is 1. The number of nitrogens with one attached hydrogen (secondary N) is 1. The summed E-state index contributed by atoms with van der Waals surface area (Å²) in [6.07, 6.45) is 5.27. The van der Waals surface area contributed by atoms with E-state index in [0.717, 1.165) is 22.0 Å². The van der Waals surface area contributed by atoms with Crippen molar-refractivity contribution in [3.8, 4) is 0 Å². The lowest BCUT2D eigenvalue weighted by molar-refractivity contribution is 0.141. The van der Waals surface area contributed by atoms with Crippen LogP contribution in [0.1, 0.15) is 11.1 Å². The summed E-state index contributed by atoms with van der Waals surface area (Å²) in [5, 5.41) is 8.03. The number of alkyl carbamates (subject to hydrolysis) is 1. The lowest BCUT2D eigenvalue weighted by Crippen LogP contribution is -2.24. The van der Waals surface area contributed by atoms with Crippen LogP contribution in [0.4, 0.5) is 4.79 Å². The van der Waals surface area contributed by atoms with Gasteiger partial charge in [0.15, 0.2) is 0 Å². The van der Waals surface area contributed by atoms with Crippen LogP contribution in [0.5, 0.6) is 0 Å². The zero-order chi connectivity index (χ0) is 16.8. The molecule has 0 aliphatic rings. The molecule has 0 saturated heterocycles. The van der Waals surface area contributed by atoms with Crippen LogP contribution < -0.4 is 5.32 Å². The van der Waals surface area contributed by atoms with Crippen molar-refractivity contribution in [1.82, 2.24) is 15.1 Å². The lowest BCUT2D eigenvalue weighted by atomic mass is 10.1. The van der Waals surface area contributed by atoms with Gasteiger partial charge >= 0.3 is 6.09 Å². The number of ether oxygens (including phenoxy) is 1. The third-order valence-electron chi connectivity index (χ3n) is 3.66. The summed E-state index contributed by atoms with van der Waals surface area (Å²) < 4.78 is 6.99. The number of carbonyl (C=O) groups excluding carboxylic acids is 1. The Morgan fingerprint density at radius 2 is 2.08 bits per heavy atom. The number of aromatic nitrogens is 2. The summed E-state index contributed by atoms with van der Waals surface area (Å²) in [6, 6.07) is 15.7. The Labute approximate surface area is 140 Å². The standard InChI is InChI=1S/C19H19N3O2/c1-22-18-12-15(9-10-17(18)13-21-22)8-5-11-20-19(23)24-14-16-6-3-2-4-7-16/h2-10,12-13H,11,14H2,1H3,(H,20,23). The van der Waals surface area contributed by atoms with Gasteiger partial charge in [0.25, 0.3) is 0 Å². The molecule has 0 radical (unpaired) electrons. The predicted molar refractivity (Wildman–Crippen MR) is 94.4 cm³/mol. The predicted octanol–water partition coefficient (Wildman–Crippen LogP) is 3.51. The summed E-state index contributed by atoms with van der Waals surface area (Å²) in [7, 11) is 1.92. The molecule has 0 unspecified atom stereocenters. The van der Waals surface area contributed by atoms with E-state index in [0.29, 0.717) is 6.54 Å². The van der Waals surface area contributed by atoms with Crippen LogP contribution in [0.2, 0.25) is 0 Å². The van der Waals surface area contributed by atoms with Crippen molar-refractivity contribution in [1.29, 1.82) is 0 Å². The smallest absolute Gasteiger partial charge is 0.407 e. The summed E-state index contributed by atoms with van der Waals surface area (Å²) >= 11 is 0. The monoisotopic (exact) mass is 321 g/mol. The minimum Gasteiger partial charge on any atom is -0.445 e. The van der Waals surface area contributed by atoms with Gasteiger partial charge in [-0.3, -0.25) is 4.68 Å². The van der Waals surface area contributed by atoms with Gasteiger partial charge < -0.3 is 10.1 Å². The molecule has 0 aliphatic carbocycles. The Balaban J connectivity index is 1.47. The van der Waals surface area contributed by atoms with Crippen LogP contribution in [0.25, 0.3) is 17.0 Å². The van der Waals surface area contributed by atoms with Crippen molar-refractivity contribution in [3.63, 3.8) is 0 Å². The van der Waals surface area contributed by atoms with Gasteiger partial charge in [0.2, 0.25) is 0 Å². The molecule has 1 aromatic heterocycles. The first-order chi connectivity index (χ1) is 11.7. The highest BCUT2D eigenvalue weighted by atomic mass is 16.5. The number of hydrogen-bond acceptors (Lipinski definition) is 3. The van der Waals surface area contributed by atoms with E-state index >= 15 is 0 Å². The quantitative estimate of drug-likeness (QED) is 0.782. The zero-order valence-electron chi connectivity index (χ0n) is 13.5. The zero-order valence-corrected chi connectivity index (χ0v) is 13.5. The van der Waals surface area contributed by atoms with Crippen LogP contribution in [0.3, 0.4) is 0 Å². The van der Waals surface area contributed by atoms with Crippen LogP contribution in [-0.2, 0) is 18.4 Å². The molecular formula is C19H19N3O2. The van der Waals surface area contributed by atoms with Gasteiger partial charge in [-0.1, -0.05) is 54.6 Å². The fourth-order valence-electron chi connectivity index (χ4n) is 2.38. The molecular weight excluding hydrogens is 302 g/mol. The summed E-state index contributed by atoms with van der Waals surface area (Å²) in [5.41, 5.74) is 3.10. The lowest BCUT2D eigenvalue weighted by Gasteiger charge is -2.05. The molecule has 0 bridgehead atoms. The van der Waals surface area contributed by atoms with E-state index in [4.69, 9.17) is 4.74 Å². The maximum absolute atomic E-state index is 11.6. The Morgan fingerprint density at radius 3 is 2.92 bits per heavy atom. The maximum atomic E-state index is 11.6. The molecule has 1 heterocycles. The second-order valence-corrected chi connectivity index (χ2v) is 5.43. The van der Waals surface area contributed by atoms with Crippen LogP contribution in [0.15, 0.2) is 60.8 Å². The van der Waals surface area contributed by atoms with Gasteiger partial charge in [0.05, 0.1) is 11.7 Å². The Bertz CT molecular complexity index is 853. The summed E-state index contributed by atoms with van der Waals surface area (Å²) in [4.78, 5) is 11.6. The van der Waals surface area contributed by atoms with E-state index in [1.165, 1.54) is 0 Å². The molecule has 3 rings (SSSR count). The molecule has 1 N–H and O–H groups in total. The summed E-state index contributed by atoms with van der Waals surface area (Å²) in [6.45, 7) is 0.685. The van der Waals surface area contributed by atoms with Crippen molar-refractivity contribution in [3.05, 3.63) is 71.9 Å². The molecule has 1 amide bonds.